The van der Waals surface area contributed by atoms with Gasteiger partial charge in [-0.1, -0.05) is 52.8 Å². The van der Waals surface area contributed by atoms with Gasteiger partial charge in [0, 0.05) is 0 Å². The van der Waals surface area contributed by atoms with Crippen LogP contribution in [0.5, 0.6) is 11.5 Å². The van der Waals surface area contributed by atoms with Crippen molar-refractivity contribution in [1.82, 2.24) is 0 Å². The largest absolute Gasteiger partial charge is 0.489 e. The summed E-state index contributed by atoms with van der Waals surface area (Å²) in [5.74, 6) is 3.22. The molecular formula is C20H32O2. The van der Waals surface area contributed by atoms with Crippen LogP contribution in [-0.4, -0.2) is 13.2 Å². The van der Waals surface area contributed by atoms with Gasteiger partial charge in [-0.05, 0) is 48.8 Å². The maximum Gasteiger partial charge on any atom is 0.161 e. The number of rotatable bonds is 9. The molecule has 0 fully saturated rings. The Morgan fingerprint density at radius 1 is 0.909 bits per heavy atom. The van der Waals surface area contributed by atoms with Crippen LogP contribution in [0.4, 0.5) is 0 Å². The molecule has 0 spiro atoms. The monoisotopic (exact) mass is 304 g/mol. The summed E-state index contributed by atoms with van der Waals surface area (Å²) >= 11 is 0. The first-order chi connectivity index (χ1) is 10.4. The molecule has 0 amide bonds. The van der Waals surface area contributed by atoms with Crippen molar-refractivity contribution in [2.75, 3.05) is 13.2 Å². The molecule has 0 saturated heterocycles. The minimum absolute atomic E-state index is 0.483. The van der Waals surface area contributed by atoms with E-state index in [-0.39, 0.29) is 0 Å². The number of ether oxygens (including phenoxy) is 2. The van der Waals surface area contributed by atoms with Gasteiger partial charge < -0.3 is 9.47 Å². The van der Waals surface area contributed by atoms with Crippen molar-refractivity contribution in [3.63, 3.8) is 0 Å². The van der Waals surface area contributed by atoms with E-state index in [4.69, 9.17) is 9.47 Å². The number of benzene rings is 1. The van der Waals surface area contributed by atoms with E-state index in [0.29, 0.717) is 31.0 Å². The third-order valence-corrected chi connectivity index (χ3v) is 3.41. The molecular weight excluding hydrogens is 272 g/mol. The second-order valence-electron chi connectivity index (χ2n) is 6.82. The van der Waals surface area contributed by atoms with Crippen molar-refractivity contribution in [2.45, 2.75) is 53.9 Å². The van der Waals surface area contributed by atoms with Gasteiger partial charge in [0.05, 0.1) is 13.2 Å². The number of hydrogen-bond acceptors (Lipinski definition) is 2. The molecule has 0 radical (unpaired) electrons. The molecule has 0 bridgehead atoms. The van der Waals surface area contributed by atoms with E-state index in [0.717, 1.165) is 17.9 Å². The number of allylic oxidation sites excluding steroid dienone is 2. The van der Waals surface area contributed by atoms with Crippen molar-refractivity contribution in [1.29, 1.82) is 0 Å². The van der Waals surface area contributed by atoms with Crippen molar-refractivity contribution in [3.8, 4) is 11.5 Å². The molecule has 22 heavy (non-hydrogen) atoms. The third kappa shape index (κ3) is 6.55. The summed E-state index contributed by atoms with van der Waals surface area (Å²) in [6, 6.07) is 6.36. The summed E-state index contributed by atoms with van der Waals surface area (Å²) in [5, 5.41) is 0. The zero-order valence-corrected chi connectivity index (χ0v) is 15.1. The van der Waals surface area contributed by atoms with E-state index in [1.54, 1.807) is 0 Å². The topological polar surface area (TPSA) is 18.5 Å². The van der Waals surface area contributed by atoms with Crippen LogP contribution >= 0.6 is 0 Å². The highest BCUT2D eigenvalue weighted by molar-refractivity contribution is 5.44. The maximum atomic E-state index is 5.98. The molecule has 0 aliphatic rings. The lowest BCUT2D eigenvalue weighted by molar-refractivity contribution is 0.229. The van der Waals surface area contributed by atoms with Crippen LogP contribution in [0.15, 0.2) is 30.4 Å². The molecule has 0 aliphatic carbocycles. The maximum absolute atomic E-state index is 5.98. The van der Waals surface area contributed by atoms with Gasteiger partial charge >= 0.3 is 0 Å². The highest BCUT2D eigenvalue weighted by Crippen LogP contribution is 2.33. The Bertz CT molecular complexity index is 461. The average molecular weight is 304 g/mol. The highest BCUT2D eigenvalue weighted by atomic mass is 16.5. The summed E-state index contributed by atoms with van der Waals surface area (Å²) in [6.45, 7) is 14.4. The van der Waals surface area contributed by atoms with Gasteiger partial charge in [0.25, 0.3) is 0 Å². The first-order valence-electron chi connectivity index (χ1n) is 8.44. The summed E-state index contributed by atoms with van der Waals surface area (Å²) < 4.78 is 11.9. The van der Waals surface area contributed by atoms with E-state index in [2.05, 4.69) is 71.9 Å². The van der Waals surface area contributed by atoms with Gasteiger partial charge in [-0.25, -0.2) is 0 Å². The third-order valence-electron chi connectivity index (χ3n) is 3.41. The second-order valence-corrected chi connectivity index (χ2v) is 6.82. The Hall–Kier alpha value is -1.44. The first kappa shape index (κ1) is 18.6. The van der Waals surface area contributed by atoms with Crippen LogP contribution in [-0.2, 0) is 0 Å². The fraction of sp³-hybridized carbons (Fsp3) is 0.600. The number of hydrogen-bond donors (Lipinski definition) is 0. The predicted molar refractivity (Wildman–Crippen MR) is 95.0 cm³/mol. The smallest absolute Gasteiger partial charge is 0.161 e. The molecule has 0 saturated carbocycles. The van der Waals surface area contributed by atoms with Gasteiger partial charge in [-0.3, -0.25) is 0 Å². The zero-order valence-electron chi connectivity index (χ0n) is 15.1. The molecule has 1 unspecified atom stereocenters. The molecule has 2 heteroatoms. The normalized spacial score (nSPS) is 13.1. The van der Waals surface area contributed by atoms with Gasteiger partial charge in [-0.15, -0.1) is 0 Å². The minimum atomic E-state index is 0.483. The van der Waals surface area contributed by atoms with Gasteiger partial charge in [-0.2, -0.15) is 0 Å². The molecule has 124 valence electrons. The lowest BCUT2D eigenvalue weighted by Gasteiger charge is -2.18. The molecule has 1 aromatic rings. The Morgan fingerprint density at radius 2 is 1.50 bits per heavy atom. The summed E-state index contributed by atoms with van der Waals surface area (Å²) in [6.07, 6.45) is 5.36. The lowest BCUT2D eigenvalue weighted by Crippen LogP contribution is -2.09. The Balaban J connectivity index is 2.91. The summed E-state index contributed by atoms with van der Waals surface area (Å²) in [7, 11) is 0. The minimum Gasteiger partial charge on any atom is -0.489 e. The predicted octanol–water partition coefficient (Wildman–Crippen LogP) is 5.83. The molecule has 0 heterocycles. The molecule has 0 aliphatic heterocycles. The average Bonchev–Trinajstić information content (AvgIpc) is 2.48. The van der Waals surface area contributed by atoms with Crippen molar-refractivity contribution < 1.29 is 9.47 Å². The SMILES string of the molecule is C/C=C\CC(C)c1ccc(OCC(C)C)c(OCC(C)C)c1. The molecule has 0 aromatic heterocycles. The van der Waals surface area contributed by atoms with E-state index in [1.807, 2.05) is 0 Å². The van der Waals surface area contributed by atoms with Crippen LogP contribution in [0.25, 0.3) is 0 Å². The molecule has 1 atom stereocenters. The standard InChI is InChI=1S/C20H32O2/c1-7-8-9-17(6)18-10-11-19(21-13-15(2)3)20(12-18)22-14-16(4)5/h7-8,10-12,15-17H,9,13-14H2,1-6H3/b8-7-. The van der Waals surface area contributed by atoms with Crippen molar-refractivity contribution in [3.05, 3.63) is 35.9 Å². The van der Waals surface area contributed by atoms with Gasteiger partial charge in [0.15, 0.2) is 11.5 Å². The summed E-state index contributed by atoms with van der Waals surface area (Å²) in [4.78, 5) is 0. The van der Waals surface area contributed by atoms with Crippen molar-refractivity contribution in [2.24, 2.45) is 11.8 Å². The van der Waals surface area contributed by atoms with Crippen LogP contribution in [0.3, 0.4) is 0 Å². The fourth-order valence-electron chi connectivity index (χ4n) is 2.05. The molecule has 0 N–H and O–H groups in total. The van der Waals surface area contributed by atoms with Crippen LogP contribution in [0, 0.1) is 11.8 Å². The van der Waals surface area contributed by atoms with Gasteiger partial charge in [0.2, 0.25) is 0 Å². The van der Waals surface area contributed by atoms with E-state index in [1.165, 1.54) is 5.56 Å². The Labute approximate surface area is 136 Å². The zero-order chi connectivity index (χ0) is 16.5. The van der Waals surface area contributed by atoms with E-state index in [9.17, 15) is 0 Å². The van der Waals surface area contributed by atoms with E-state index < -0.39 is 0 Å². The fourth-order valence-corrected chi connectivity index (χ4v) is 2.05. The molecule has 1 rings (SSSR count). The van der Waals surface area contributed by atoms with Crippen LogP contribution in [0.2, 0.25) is 0 Å². The van der Waals surface area contributed by atoms with Gasteiger partial charge in [0.1, 0.15) is 0 Å². The first-order valence-corrected chi connectivity index (χ1v) is 8.44. The highest BCUT2D eigenvalue weighted by Gasteiger charge is 2.12. The van der Waals surface area contributed by atoms with Crippen LogP contribution in [0.1, 0.15) is 59.4 Å². The lowest BCUT2D eigenvalue weighted by atomic mass is 9.97. The summed E-state index contributed by atoms with van der Waals surface area (Å²) in [5.41, 5.74) is 1.30. The second kappa shape index (κ2) is 9.55. The van der Waals surface area contributed by atoms with E-state index >= 15 is 0 Å². The van der Waals surface area contributed by atoms with Crippen LogP contribution < -0.4 is 9.47 Å². The van der Waals surface area contributed by atoms with Crippen molar-refractivity contribution >= 4 is 0 Å². The molecule has 2 nitrogen and oxygen atoms in total. The Kier molecular flexibility index (Phi) is 8.08. The Morgan fingerprint density at radius 3 is 2.05 bits per heavy atom. The molecule has 1 aromatic carbocycles. The quantitative estimate of drug-likeness (QED) is 0.535.